The molecule has 0 fully saturated rings. The third-order valence-electron chi connectivity index (χ3n) is 5.10. The van der Waals surface area contributed by atoms with Crippen LogP contribution in [0, 0.1) is 6.92 Å². The van der Waals surface area contributed by atoms with E-state index in [0.717, 1.165) is 11.1 Å². The Bertz CT molecular complexity index is 1080. The summed E-state index contributed by atoms with van der Waals surface area (Å²) in [6.07, 6.45) is -3.12. The number of hydrogen-bond acceptors (Lipinski definition) is 7. The monoisotopic (exact) mass is 496 g/mol. The van der Waals surface area contributed by atoms with E-state index in [0.29, 0.717) is 17.1 Å². The van der Waals surface area contributed by atoms with Gasteiger partial charge in [-0.05, 0) is 48.9 Å². The summed E-state index contributed by atoms with van der Waals surface area (Å²) in [6, 6.07) is 22.5. The molecule has 0 aliphatic carbocycles. The van der Waals surface area contributed by atoms with E-state index in [4.69, 9.17) is 30.5 Å². The number of esters is 1. The van der Waals surface area contributed by atoms with Crippen molar-refractivity contribution in [1.82, 2.24) is 0 Å². The first-order chi connectivity index (χ1) is 17.0. The standard InChI is InChI=1S/C27H25ClO7/c1-19-7-13-23(14-8-19)32-17-25(35-27(31)21-9-11-22(28)12-10-21)26(34-18-30)24(15-29)33-16-20-5-3-2-4-6-20/h2-15,18,24-26H,16-17H2,1H3/t24-,25-,26+/m1/s1. The summed E-state index contributed by atoms with van der Waals surface area (Å²) in [5, 5.41) is 0.457. The Morgan fingerprint density at radius 3 is 2.26 bits per heavy atom. The largest absolute Gasteiger partial charge is 0.490 e. The van der Waals surface area contributed by atoms with E-state index in [1.165, 1.54) is 12.1 Å². The van der Waals surface area contributed by atoms with Gasteiger partial charge in [-0.2, -0.15) is 0 Å². The summed E-state index contributed by atoms with van der Waals surface area (Å²) < 4.78 is 22.4. The van der Waals surface area contributed by atoms with Gasteiger partial charge in [-0.25, -0.2) is 4.79 Å². The molecule has 8 heteroatoms. The summed E-state index contributed by atoms with van der Waals surface area (Å²) >= 11 is 5.90. The molecule has 7 nitrogen and oxygen atoms in total. The number of aldehydes is 1. The number of carbonyl (C=O) groups is 3. The van der Waals surface area contributed by atoms with Gasteiger partial charge in [0.2, 0.25) is 0 Å². The molecule has 0 aliphatic rings. The average molecular weight is 497 g/mol. The second-order valence-corrected chi connectivity index (χ2v) is 8.11. The lowest BCUT2D eigenvalue weighted by Gasteiger charge is -2.29. The van der Waals surface area contributed by atoms with Crippen molar-refractivity contribution in [1.29, 1.82) is 0 Å². The summed E-state index contributed by atoms with van der Waals surface area (Å²) in [7, 11) is 0. The van der Waals surface area contributed by atoms with Crippen LogP contribution in [0.4, 0.5) is 0 Å². The van der Waals surface area contributed by atoms with E-state index >= 15 is 0 Å². The molecule has 0 aromatic heterocycles. The molecule has 35 heavy (non-hydrogen) atoms. The molecular weight excluding hydrogens is 472 g/mol. The zero-order chi connectivity index (χ0) is 25.0. The van der Waals surface area contributed by atoms with E-state index in [9.17, 15) is 14.4 Å². The van der Waals surface area contributed by atoms with Crippen LogP contribution in [0.25, 0.3) is 0 Å². The lowest BCUT2D eigenvalue weighted by Crippen LogP contribution is -2.47. The van der Waals surface area contributed by atoms with Gasteiger partial charge < -0.3 is 23.7 Å². The number of aryl methyl sites for hydroxylation is 1. The molecule has 0 bridgehead atoms. The van der Waals surface area contributed by atoms with Gasteiger partial charge in [0.05, 0.1) is 12.2 Å². The highest BCUT2D eigenvalue weighted by Crippen LogP contribution is 2.19. The molecule has 0 N–H and O–H groups in total. The average Bonchev–Trinajstić information content (AvgIpc) is 2.88. The van der Waals surface area contributed by atoms with Gasteiger partial charge in [-0.3, -0.25) is 4.79 Å². The Morgan fingerprint density at radius 2 is 1.63 bits per heavy atom. The fourth-order valence-corrected chi connectivity index (χ4v) is 3.35. The zero-order valence-corrected chi connectivity index (χ0v) is 19.8. The fraction of sp³-hybridized carbons (Fsp3) is 0.222. The molecule has 3 rings (SSSR count). The highest BCUT2D eigenvalue weighted by Gasteiger charge is 2.36. The molecule has 0 aliphatic heterocycles. The van der Waals surface area contributed by atoms with Crippen LogP contribution >= 0.6 is 11.6 Å². The first-order valence-electron chi connectivity index (χ1n) is 10.9. The van der Waals surface area contributed by atoms with E-state index in [-0.39, 0.29) is 25.2 Å². The van der Waals surface area contributed by atoms with E-state index in [1.807, 2.05) is 49.4 Å². The van der Waals surface area contributed by atoms with Gasteiger partial charge in [0.15, 0.2) is 24.6 Å². The first kappa shape index (κ1) is 25.9. The maximum absolute atomic E-state index is 12.8. The van der Waals surface area contributed by atoms with Crippen molar-refractivity contribution in [2.45, 2.75) is 31.8 Å². The molecule has 0 amide bonds. The minimum Gasteiger partial charge on any atom is -0.490 e. The van der Waals surface area contributed by atoms with Gasteiger partial charge in [-0.1, -0.05) is 59.6 Å². The number of carbonyl (C=O) groups excluding carboxylic acids is 3. The highest BCUT2D eigenvalue weighted by atomic mass is 35.5. The molecule has 0 saturated heterocycles. The zero-order valence-electron chi connectivity index (χ0n) is 19.0. The van der Waals surface area contributed by atoms with Crippen molar-refractivity contribution < 1.29 is 33.3 Å². The molecule has 0 spiro atoms. The van der Waals surface area contributed by atoms with Crippen molar-refractivity contribution >= 4 is 30.3 Å². The second kappa shape index (κ2) is 13.3. The van der Waals surface area contributed by atoms with Crippen LogP contribution in [0.1, 0.15) is 21.5 Å². The summed E-state index contributed by atoms with van der Waals surface area (Å²) in [5.41, 5.74) is 2.09. The van der Waals surface area contributed by atoms with Crippen LogP contribution in [0.3, 0.4) is 0 Å². The SMILES string of the molecule is Cc1ccc(OC[C@@H](OC(=O)c2ccc(Cl)cc2)[C@@H](OC=O)[C@@H](C=O)OCc2ccccc2)cc1. The van der Waals surface area contributed by atoms with Crippen LogP contribution in [0.15, 0.2) is 78.9 Å². The molecule has 0 saturated carbocycles. The Kier molecular flexibility index (Phi) is 9.83. The Balaban J connectivity index is 1.81. The van der Waals surface area contributed by atoms with Crippen LogP contribution in [-0.2, 0) is 30.4 Å². The Hall–Kier alpha value is -3.68. The third kappa shape index (κ3) is 7.95. The maximum Gasteiger partial charge on any atom is 0.338 e. The van der Waals surface area contributed by atoms with Gasteiger partial charge in [0.1, 0.15) is 12.4 Å². The van der Waals surface area contributed by atoms with Crippen molar-refractivity contribution in [3.63, 3.8) is 0 Å². The van der Waals surface area contributed by atoms with Gasteiger partial charge in [0, 0.05) is 5.02 Å². The lowest BCUT2D eigenvalue weighted by molar-refractivity contribution is -0.161. The first-order valence-corrected chi connectivity index (χ1v) is 11.2. The van der Waals surface area contributed by atoms with Crippen LogP contribution in [0.5, 0.6) is 5.75 Å². The highest BCUT2D eigenvalue weighted by molar-refractivity contribution is 6.30. The molecule has 0 radical (unpaired) electrons. The van der Waals surface area contributed by atoms with Crippen LogP contribution in [0.2, 0.25) is 5.02 Å². The maximum atomic E-state index is 12.8. The molecule has 0 heterocycles. The fourth-order valence-electron chi connectivity index (χ4n) is 3.22. The summed E-state index contributed by atoms with van der Waals surface area (Å²) in [5.74, 6) is -0.188. The summed E-state index contributed by atoms with van der Waals surface area (Å²) in [4.78, 5) is 36.1. The van der Waals surface area contributed by atoms with E-state index < -0.39 is 24.3 Å². The van der Waals surface area contributed by atoms with E-state index in [1.54, 1.807) is 24.3 Å². The predicted octanol–water partition coefficient (Wildman–Crippen LogP) is 4.58. The minimum absolute atomic E-state index is 0.0830. The van der Waals surface area contributed by atoms with Gasteiger partial charge in [0.25, 0.3) is 6.47 Å². The number of hydrogen-bond donors (Lipinski definition) is 0. The lowest BCUT2D eigenvalue weighted by atomic mass is 10.1. The smallest absolute Gasteiger partial charge is 0.338 e. The summed E-state index contributed by atoms with van der Waals surface area (Å²) in [6.45, 7) is 2.01. The Labute approximate surface area is 208 Å². The molecule has 3 aromatic carbocycles. The van der Waals surface area contributed by atoms with Crippen LogP contribution in [-0.4, -0.2) is 43.6 Å². The normalized spacial score (nSPS) is 13.2. The van der Waals surface area contributed by atoms with Crippen molar-refractivity contribution in [3.05, 3.63) is 101 Å². The number of halogens is 1. The van der Waals surface area contributed by atoms with Crippen molar-refractivity contribution in [2.75, 3.05) is 6.61 Å². The van der Waals surface area contributed by atoms with Gasteiger partial charge >= 0.3 is 5.97 Å². The van der Waals surface area contributed by atoms with E-state index in [2.05, 4.69) is 0 Å². The quantitative estimate of drug-likeness (QED) is 0.253. The number of ether oxygens (including phenoxy) is 4. The topological polar surface area (TPSA) is 88.1 Å². The molecule has 182 valence electrons. The van der Waals surface area contributed by atoms with Gasteiger partial charge in [-0.15, -0.1) is 0 Å². The third-order valence-corrected chi connectivity index (χ3v) is 5.35. The molecule has 3 atom stereocenters. The van der Waals surface area contributed by atoms with Crippen molar-refractivity contribution in [3.8, 4) is 5.75 Å². The second-order valence-electron chi connectivity index (χ2n) is 7.67. The predicted molar refractivity (Wildman–Crippen MR) is 129 cm³/mol. The molecular formula is C27H25ClO7. The van der Waals surface area contributed by atoms with Crippen LogP contribution < -0.4 is 4.74 Å². The van der Waals surface area contributed by atoms with Crippen molar-refractivity contribution in [2.24, 2.45) is 0 Å². The number of rotatable bonds is 13. The Morgan fingerprint density at radius 1 is 0.943 bits per heavy atom. The molecule has 3 aromatic rings. The minimum atomic E-state index is -1.25. The number of benzene rings is 3. The molecule has 0 unspecified atom stereocenters.